The number of rotatable bonds is 5. The molecule has 0 saturated carbocycles. The molecule has 31 heavy (non-hydrogen) atoms. The first kappa shape index (κ1) is 23.0. The van der Waals surface area contributed by atoms with Gasteiger partial charge in [-0.15, -0.1) is 0 Å². The molecule has 0 spiro atoms. The van der Waals surface area contributed by atoms with Gasteiger partial charge >= 0.3 is 6.18 Å². The van der Waals surface area contributed by atoms with Gasteiger partial charge < -0.3 is 20.1 Å². The van der Waals surface area contributed by atoms with Gasteiger partial charge in [-0.2, -0.15) is 13.2 Å². The molecule has 3 atom stereocenters. The number of ether oxygens (including phenoxy) is 1. The second kappa shape index (κ2) is 9.23. The number of aliphatic hydroxyl groups excluding tert-OH is 1. The first-order valence-corrected chi connectivity index (χ1v) is 10.1. The molecule has 0 aliphatic carbocycles. The number of amides is 1. The van der Waals surface area contributed by atoms with Crippen molar-refractivity contribution in [3.05, 3.63) is 47.7 Å². The highest BCUT2D eigenvalue weighted by atomic mass is 19.4. The van der Waals surface area contributed by atoms with Crippen LogP contribution < -0.4 is 10.1 Å². The normalized spacial score (nSPS) is 20.5. The van der Waals surface area contributed by atoms with Gasteiger partial charge in [-0.3, -0.25) is 4.79 Å². The number of likely N-dealkylation sites (N-methyl/N-ethyl adjacent to an activating group) is 1. The van der Waals surface area contributed by atoms with Gasteiger partial charge in [-0.05, 0) is 37.7 Å². The van der Waals surface area contributed by atoms with Crippen LogP contribution in [-0.4, -0.2) is 59.8 Å². The quantitative estimate of drug-likeness (QED) is 0.752. The molecule has 2 heterocycles. The monoisotopic (exact) mass is 437 g/mol. The molecule has 1 amide bonds. The smallest absolute Gasteiger partial charge is 0.416 e. The largest absolute Gasteiger partial charge is 0.472 e. The molecule has 6 nitrogen and oxygen atoms in total. The van der Waals surface area contributed by atoms with Crippen LogP contribution in [-0.2, 0) is 6.18 Å². The fraction of sp³-hybridized carbons (Fsp3) is 0.455. The van der Waals surface area contributed by atoms with E-state index in [-0.39, 0.29) is 36.0 Å². The second-order valence-electron chi connectivity index (χ2n) is 7.84. The number of aliphatic hydroxyl groups is 1. The Labute approximate surface area is 179 Å². The summed E-state index contributed by atoms with van der Waals surface area (Å²) < 4.78 is 45.4. The maximum absolute atomic E-state index is 13.3. The van der Waals surface area contributed by atoms with Gasteiger partial charge in [-0.25, -0.2) is 4.98 Å². The van der Waals surface area contributed by atoms with Crippen LogP contribution in [0.15, 0.2) is 36.5 Å². The number of fused-ring (bicyclic) bond motifs is 1. The molecule has 1 aliphatic heterocycles. The van der Waals surface area contributed by atoms with E-state index in [2.05, 4.69) is 10.3 Å². The molecule has 2 N–H and O–H groups in total. The lowest BCUT2D eigenvalue weighted by atomic mass is 9.99. The zero-order valence-electron chi connectivity index (χ0n) is 17.6. The van der Waals surface area contributed by atoms with Crippen LogP contribution in [0.3, 0.4) is 0 Å². The number of benzene rings is 1. The van der Waals surface area contributed by atoms with Crippen LogP contribution in [0, 0.1) is 5.92 Å². The number of nitrogens with one attached hydrogen (secondary N) is 1. The maximum Gasteiger partial charge on any atom is 0.416 e. The standard InChI is InChI=1S/C22H26F3N3O3/c1-13-11-28(14(2)12-29)21(30)18-8-16(9-27-20(18)31-19(13)10-26-3)15-5-4-6-17(7-15)22(23,24)25/h4-9,13-14,19,26,29H,10-12H2,1-3H3/t13-,14+,19-/m0/s1. The summed E-state index contributed by atoms with van der Waals surface area (Å²) in [6.07, 6.45) is -3.35. The summed E-state index contributed by atoms with van der Waals surface area (Å²) in [7, 11) is 1.79. The summed E-state index contributed by atoms with van der Waals surface area (Å²) in [5.41, 5.74) is 0.0417. The molecule has 0 bridgehead atoms. The first-order chi connectivity index (χ1) is 14.7. The second-order valence-corrected chi connectivity index (χ2v) is 7.84. The fourth-order valence-electron chi connectivity index (χ4n) is 3.58. The van der Waals surface area contributed by atoms with Crippen LogP contribution >= 0.6 is 0 Å². The van der Waals surface area contributed by atoms with E-state index in [4.69, 9.17) is 4.74 Å². The van der Waals surface area contributed by atoms with Crippen LogP contribution in [0.5, 0.6) is 5.88 Å². The number of nitrogens with zero attached hydrogens (tertiary/aromatic N) is 2. The van der Waals surface area contributed by atoms with Gasteiger partial charge in [0.1, 0.15) is 11.7 Å². The topological polar surface area (TPSA) is 74.7 Å². The summed E-state index contributed by atoms with van der Waals surface area (Å²) in [6.45, 7) is 4.36. The average Bonchev–Trinajstić information content (AvgIpc) is 2.75. The van der Waals surface area contributed by atoms with Gasteiger partial charge in [-0.1, -0.05) is 19.1 Å². The molecule has 0 radical (unpaired) electrons. The van der Waals surface area contributed by atoms with E-state index >= 15 is 0 Å². The molecule has 1 aliphatic rings. The Hall–Kier alpha value is -2.65. The molecule has 0 fully saturated rings. The summed E-state index contributed by atoms with van der Waals surface area (Å²) in [5.74, 6) is -0.293. The Morgan fingerprint density at radius 2 is 2.06 bits per heavy atom. The molecular formula is C22H26F3N3O3. The van der Waals surface area contributed by atoms with Gasteiger partial charge in [0.05, 0.1) is 18.2 Å². The van der Waals surface area contributed by atoms with E-state index < -0.39 is 17.8 Å². The Morgan fingerprint density at radius 1 is 1.32 bits per heavy atom. The third-order valence-electron chi connectivity index (χ3n) is 5.45. The van der Waals surface area contributed by atoms with Crippen molar-refractivity contribution in [3.63, 3.8) is 0 Å². The van der Waals surface area contributed by atoms with Crippen molar-refractivity contribution in [2.24, 2.45) is 5.92 Å². The van der Waals surface area contributed by atoms with Crippen molar-refractivity contribution in [2.75, 3.05) is 26.7 Å². The average molecular weight is 437 g/mol. The summed E-state index contributed by atoms with van der Waals surface area (Å²) in [5, 5.41) is 12.7. The fourth-order valence-corrected chi connectivity index (χ4v) is 3.58. The molecule has 9 heteroatoms. The third-order valence-corrected chi connectivity index (χ3v) is 5.45. The third kappa shape index (κ3) is 4.99. The number of halogens is 3. The lowest BCUT2D eigenvalue weighted by molar-refractivity contribution is -0.137. The van der Waals surface area contributed by atoms with Gasteiger partial charge in [0, 0.05) is 30.8 Å². The molecule has 0 saturated heterocycles. The van der Waals surface area contributed by atoms with E-state index in [1.807, 2.05) is 6.92 Å². The molecule has 1 aromatic heterocycles. The Morgan fingerprint density at radius 3 is 2.71 bits per heavy atom. The van der Waals surface area contributed by atoms with E-state index in [1.54, 1.807) is 18.9 Å². The summed E-state index contributed by atoms with van der Waals surface area (Å²) in [4.78, 5) is 19.2. The number of pyridine rings is 1. The van der Waals surface area contributed by atoms with Crippen molar-refractivity contribution in [1.29, 1.82) is 0 Å². The molecule has 2 aromatic rings. The SMILES string of the molecule is CNC[C@@H]1Oc2ncc(-c3cccc(C(F)(F)F)c3)cc2C(=O)N([C@H](C)CO)C[C@@H]1C. The van der Waals surface area contributed by atoms with Gasteiger partial charge in [0.2, 0.25) is 5.88 Å². The van der Waals surface area contributed by atoms with Gasteiger partial charge in [0.15, 0.2) is 0 Å². The van der Waals surface area contributed by atoms with E-state index in [0.717, 1.165) is 12.1 Å². The first-order valence-electron chi connectivity index (χ1n) is 10.1. The minimum absolute atomic E-state index is 0.0384. The van der Waals surface area contributed by atoms with E-state index in [0.29, 0.717) is 24.2 Å². The van der Waals surface area contributed by atoms with Crippen molar-refractivity contribution < 1.29 is 27.8 Å². The lowest BCUT2D eigenvalue weighted by Gasteiger charge is -2.36. The zero-order chi connectivity index (χ0) is 22.8. The highest BCUT2D eigenvalue weighted by Crippen LogP contribution is 2.34. The Bertz CT molecular complexity index is 936. The molecule has 168 valence electrons. The molecule has 1 aromatic carbocycles. The van der Waals surface area contributed by atoms with Crippen LogP contribution in [0.2, 0.25) is 0 Å². The van der Waals surface area contributed by atoms with Crippen LogP contribution in [0.25, 0.3) is 11.1 Å². The van der Waals surface area contributed by atoms with Crippen molar-refractivity contribution in [2.45, 2.75) is 32.2 Å². The minimum Gasteiger partial charge on any atom is -0.472 e. The Balaban J connectivity index is 2.08. The summed E-state index contributed by atoms with van der Waals surface area (Å²) in [6, 6.07) is 5.94. The zero-order valence-corrected chi connectivity index (χ0v) is 17.6. The number of hydrogen-bond donors (Lipinski definition) is 2. The maximum atomic E-state index is 13.3. The highest BCUT2D eigenvalue weighted by molar-refractivity contribution is 5.98. The predicted molar refractivity (Wildman–Crippen MR) is 110 cm³/mol. The lowest BCUT2D eigenvalue weighted by Crippen LogP contribution is -2.49. The summed E-state index contributed by atoms with van der Waals surface area (Å²) >= 11 is 0. The number of carbonyl (C=O) groups is 1. The molecule has 3 rings (SSSR count). The predicted octanol–water partition coefficient (Wildman–Crippen LogP) is 3.21. The van der Waals surface area contributed by atoms with E-state index in [1.165, 1.54) is 24.4 Å². The number of aromatic nitrogens is 1. The van der Waals surface area contributed by atoms with Crippen molar-refractivity contribution in [3.8, 4) is 17.0 Å². The van der Waals surface area contributed by atoms with Crippen LogP contribution in [0.4, 0.5) is 13.2 Å². The van der Waals surface area contributed by atoms with Crippen molar-refractivity contribution in [1.82, 2.24) is 15.2 Å². The van der Waals surface area contributed by atoms with Crippen molar-refractivity contribution >= 4 is 5.91 Å². The molecule has 0 unspecified atom stereocenters. The number of hydrogen-bond acceptors (Lipinski definition) is 5. The highest BCUT2D eigenvalue weighted by Gasteiger charge is 2.34. The Kier molecular flexibility index (Phi) is 6.86. The van der Waals surface area contributed by atoms with E-state index in [9.17, 15) is 23.1 Å². The van der Waals surface area contributed by atoms with Gasteiger partial charge in [0.25, 0.3) is 5.91 Å². The number of alkyl halides is 3. The van der Waals surface area contributed by atoms with Crippen LogP contribution in [0.1, 0.15) is 29.8 Å². The number of carbonyl (C=O) groups excluding carboxylic acids is 1. The minimum atomic E-state index is -4.48. The molecular weight excluding hydrogens is 411 g/mol.